The molecule has 0 aliphatic carbocycles. The van der Waals surface area contributed by atoms with Gasteiger partial charge in [-0.3, -0.25) is 0 Å². The van der Waals surface area contributed by atoms with Crippen LogP contribution in [0.3, 0.4) is 0 Å². The van der Waals surface area contributed by atoms with E-state index in [0.29, 0.717) is 17.0 Å². The molecule has 0 aliphatic rings. The van der Waals surface area contributed by atoms with Crippen molar-refractivity contribution in [1.82, 2.24) is 0 Å². The summed E-state index contributed by atoms with van der Waals surface area (Å²) >= 11 is 0. The van der Waals surface area contributed by atoms with Crippen LogP contribution in [-0.4, -0.2) is 5.97 Å². The molecule has 0 aromatic heterocycles. The van der Waals surface area contributed by atoms with Crippen molar-refractivity contribution >= 4 is 11.7 Å². The van der Waals surface area contributed by atoms with Crippen LogP contribution in [0.15, 0.2) is 42.5 Å². The zero-order chi connectivity index (χ0) is 16.3. The van der Waals surface area contributed by atoms with E-state index in [-0.39, 0.29) is 17.8 Å². The molecule has 0 atom stereocenters. The molecule has 2 aromatic carbocycles. The van der Waals surface area contributed by atoms with Crippen LogP contribution in [-0.2, 0) is 0 Å². The maximum atomic E-state index is 12.4. The largest absolute Gasteiger partial charge is 0.422 e. The Morgan fingerprint density at radius 3 is 1.86 bits per heavy atom. The second-order valence-corrected chi connectivity index (χ2v) is 6.09. The van der Waals surface area contributed by atoms with Gasteiger partial charge in [0.15, 0.2) is 0 Å². The number of anilines is 1. The van der Waals surface area contributed by atoms with Gasteiger partial charge in [0.2, 0.25) is 0 Å². The fourth-order valence-electron chi connectivity index (χ4n) is 2.37. The lowest BCUT2D eigenvalue weighted by molar-refractivity contribution is 0.0731. The summed E-state index contributed by atoms with van der Waals surface area (Å²) in [6, 6.07) is 12.8. The minimum Gasteiger partial charge on any atom is -0.422 e. The topological polar surface area (TPSA) is 52.3 Å². The highest BCUT2D eigenvalue weighted by atomic mass is 16.5. The van der Waals surface area contributed by atoms with Gasteiger partial charge in [-0.05, 0) is 47.2 Å². The molecule has 0 saturated heterocycles. The van der Waals surface area contributed by atoms with Crippen molar-refractivity contribution in [2.75, 3.05) is 5.73 Å². The van der Waals surface area contributed by atoms with Gasteiger partial charge in [0.1, 0.15) is 5.75 Å². The van der Waals surface area contributed by atoms with Gasteiger partial charge in [-0.2, -0.15) is 0 Å². The molecule has 2 rings (SSSR count). The standard InChI is InChI=1S/C19H23NO2/c1-12(2)16-6-5-7-17(13(3)4)18(16)22-19(21)14-8-10-15(20)11-9-14/h5-13H,20H2,1-4H3. The minimum atomic E-state index is -0.352. The first-order valence-electron chi connectivity index (χ1n) is 7.60. The molecule has 0 saturated carbocycles. The number of nitrogen functional groups attached to an aromatic ring is 1. The van der Waals surface area contributed by atoms with Crippen LogP contribution in [0, 0.1) is 0 Å². The molecule has 0 heterocycles. The van der Waals surface area contributed by atoms with Crippen LogP contribution in [0.1, 0.15) is 61.0 Å². The number of benzene rings is 2. The Morgan fingerprint density at radius 1 is 0.909 bits per heavy atom. The summed E-state index contributed by atoms with van der Waals surface area (Å²) in [6.45, 7) is 8.39. The SMILES string of the molecule is CC(C)c1cccc(C(C)C)c1OC(=O)c1ccc(N)cc1. The van der Waals surface area contributed by atoms with Gasteiger partial charge in [0.25, 0.3) is 0 Å². The number of rotatable bonds is 4. The Labute approximate surface area is 132 Å². The number of hydrogen-bond donors (Lipinski definition) is 1. The number of ether oxygens (including phenoxy) is 1. The second-order valence-electron chi connectivity index (χ2n) is 6.09. The van der Waals surface area contributed by atoms with Gasteiger partial charge in [-0.15, -0.1) is 0 Å². The molecule has 0 spiro atoms. The summed E-state index contributed by atoms with van der Waals surface area (Å²) in [5.41, 5.74) is 8.89. The smallest absolute Gasteiger partial charge is 0.343 e. The zero-order valence-corrected chi connectivity index (χ0v) is 13.6. The van der Waals surface area contributed by atoms with Crippen LogP contribution in [0.25, 0.3) is 0 Å². The fourth-order valence-corrected chi connectivity index (χ4v) is 2.37. The molecular weight excluding hydrogens is 274 g/mol. The number of esters is 1. The molecule has 3 heteroatoms. The summed E-state index contributed by atoms with van der Waals surface area (Å²) in [7, 11) is 0. The Kier molecular flexibility index (Phi) is 4.86. The van der Waals surface area contributed by atoms with Crippen LogP contribution in [0.2, 0.25) is 0 Å². The third kappa shape index (κ3) is 3.48. The molecule has 0 radical (unpaired) electrons. The van der Waals surface area contributed by atoms with Gasteiger partial charge < -0.3 is 10.5 Å². The summed E-state index contributed by atoms with van der Waals surface area (Å²) < 4.78 is 5.75. The van der Waals surface area contributed by atoms with E-state index in [2.05, 4.69) is 27.7 Å². The molecule has 0 fully saturated rings. The van der Waals surface area contributed by atoms with Crippen molar-refractivity contribution < 1.29 is 9.53 Å². The average Bonchev–Trinajstić information content (AvgIpc) is 2.47. The maximum absolute atomic E-state index is 12.4. The first kappa shape index (κ1) is 16.1. The van der Waals surface area contributed by atoms with Crippen LogP contribution < -0.4 is 10.5 Å². The van der Waals surface area contributed by atoms with Crippen LogP contribution in [0.4, 0.5) is 5.69 Å². The third-order valence-electron chi connectivity index (χ3n) is 3.66. The number of carbonyl (C=O) groups excluding carboxylic acids is 1. The summed E-state index contributed by atoms with van der Waals surface area (Å²) in [6.07, 6.45) is 0. The summed E-state index contributed by atoms with van der Waals surface area (Å²) in [5, 5.41) is 0. The van der Waals surface area contributed by atoms with E-state index in [1.165, 1.54) is 0 Å². The van der Waals surface area contributed by atoms with Crippen LogP contribution >= 0.6 is 0 Å². The van der Waals surface area contributed by atoms with E-state index in [1.807, 2.05) is 18.2 Å². The van der Waals surface area contributed by atoms with Crippen molar-refractivity contribution in [3.8, 4) is 5.75 Å². The summed E-state index contributed by atoms with van der Waals surface area (Å²) in [5.74, 6) is 0.908. The zero-order valence-electron chi connectivity index (χ0n) is 13.6. The predicted octanol–water partition coefficient (Wildman–Crippen LogP) is 4.73. The second kappa shape index (κ2) is 6.65. The Bertz CT molecular complexity index is 631. The maximum Gasteiger partial charge on any atom is 0.343 e. The van der Waals surface area contributed by atoms with Gasteiger partial charge in [0, 0.05) is 5.69 Å². The molecule has 2 aromatic rings. The lowest BCUT2D eigenvalue weighted by Crippen LogP contribution is -2.12. The summed E-state index contributed by atoms with van der Waals surface area (Å²) in [4.78, 5) is 12.4. The molecule has 0 amide bonds. The highest BCUT2D eigenvalue weighted by molar-refractivity contribution is 5.91. The van der Waals surface area contributed by atoms with Crippen molar-refractivity contribution in [2.45, 2.75) is 39.5 Å². The quantitative estimate of drug-likeness (QED) is 0.504. The molecule has 0 bridgehead atoms. The third-order valence-corrected chi connectivity index (χ3v) is 3.66. The number of para-hydroxylation sites is 1. The number of nitrogens with two attached hydrogens (primary N) is 1. The van der Waals surface area contributed by atoms with Crippen molar-refractivity contribution in [3.05, 3.63) is 59.2 Å². The molecule has 0 unspecified atom stereocenters. The van der Waals surface area contributed by atoms with Gasteiger partial charge in [-0.25, -0.2) is 4.79 Å². The van der Waals surface area contributed by atoms with Crippen molar-refractivity contribution in [3.63, 3.8) is 0 Å². The molecule has 22 heavy (non-hydrogen) atoms. The Morgan fingerprint density at radius 2 is 1.41 bits per heavy atom. The monoisotopic (exact) mass is 297 g/mol. The van der Waals surface area contributed by atoms with E-state index < -0.39 is 0 Å². The highest BCUT2D eigenvalue weighted by Gasteiger charge is 2.18. The first-order valence-corrected chi connectivity index (χ1v) is 7.60. The molecule has 3 nitrogen and oxygen atoms in total. The van der Waals surface area contributed by atoms with Gasteiger partial charge in [-0.1, -0.05) is 45.9 Å². The molecule has 0 aliphatic heterocycles. The minimum absolute atomic E-state index is 0.285. The number of hydrogen-bond acceptors (Lipinski definition) is 3. The van der Waals surface area contributed by atoms with Crippen molar-refractivity contribution in [1.29, 1.82) is 0 Å². The highest BCUT2D eigenvalue weighted by Crippen LogP contribution is 2.35. The van der Waals surface area contributed by atoms with E-state index in [4.69, 9.17) is 10.5 Å². The average molecular weight is 297 g/mol. The predicted molar refractivity (Wildman–Crippen MR) is 90.4 cm³/mol. The molecule has 2 N–H and O–H groups in total. The normalized spacial score (nSPS) is 11.0. The van der Waals surface area contributed by atoms with Gasteiger partial charge >= 0.3 is 5.97 Å². The van der Waals surface area contributed by atoms with E-state index in [0.717, 1.165) is 11.1 Å². The molecular formula is C19H23NO2. The van der Waals surface area contributed by atoms with E-state index in [9.17, 15) is 4.79 Å². The van der Waals surface area contributed by atoms with Crippen molar-refractivity contribution in [2.24, 2.45) is 0 Å². The molecule has 116 valence electrons. The van der Waals surface area contributed by atoms with E-state index in [1.54, 1.807) is 24.3 Å². The number of carbonyl (C=O) groups is 1. The first-order chi connectivity index (χ1) is 10.4. The van der Waals surface area contributed by atoms with E-state index >= 15 is 0 Å². The fraction of sp³-hybridized carbons (Fsp3) is 0.316. The lowest BCUT2D eigenvalue weighted by Gasteiger charge is -2.18. The lowest BCUT2D eigenvalue weighted by atomic mass is 9.94. The van der Waals surface area contributed by atoms with Gasteiger partial charge in [0.05, 0.1) is 5.56 Å². The van der Waals surface area contributed by atoms with Crippen LogP contribution in [0.5, 0.6) is 5.75 Å². The Balaban J connectivity index is 2.39. The Hall–Kier alpha value is -2.29.